The van der Waals surface area contributed by atoms with Crippen molar-refractivity contribution in [3.8, 4) is 0 Å². The lowest BCUT2D eigenvalue weighted by Gasteiger charge is -2.11. The van der Waals surface area contributed by atoms with Gasteiger partial charge in [-0.15, -0.1) is 0 Å². The Morgan fingerprint density at radius 3 is 2.17 bits per heavy atom. The Hall–Kier alpha value is -0.170. The molecule has 74 valence electrons. The molecule has 0 saturated heterocycles. The standard InChI is InChI=1S/C6H17N3O2S/c1-5(2)9-12(10,11)8-4-6(3)7/h5-6,8-9H,4,7H2,1-3H3. The molecule has 0 aliphatic rings. The highest BCUT2D eigenvalue weighted by Crippen LogP contribution is 1.83. The normalized spacial score (nSPS) is 15.1. The molecule has 0 saturated carbocycles. The molecule has 12 heavy (non-hydrogen) atoms. The third-order valence-corrected chi connectivity index (χ3v) is 2.31. The monoisotopic (exact) mass is 195 g/mol. The number of nitrogens with two attached hydrogens (primary N) is 1. The Balaban J connectivity index is 3.89. The van der Waals surface area contributed by atoms with E-state index in [0.717, 1.165) is 0 Å². The van der Waals surface area contributed by atoms with Crippen molar-refractivity contribution in [1.29, 1.82) is 0 Å². The third kappa shape index (κ3) is 6.53. The summed E-state index contributed by atoms with van der Waals surface area (Å²) in [5, 5.41) is 0. The fourth-order valence-corrected chi connectivity index (χ4v) is 1.78. The molecule has 0 aromatic carbocycles. The van der Waals surface area contributed by atoms with Crippen LogP contribution in [0.5, 0.6) is 0 Å². The number of hydrogen-bond donors (Lipinski definition) is 3. The van der Waals surface area contributed by atoms with Gasteiger partial charge in [-0.2, -0.15) is 13.1 Å². The lowest BCUT2D eigenvalue weighted by atomic mass is 10.4. The second-order valence-corrected chi connectivity index (χ2v) is 4.63. The topological polar surface area (TPSA) is 84.2 Å². The maximum Gasteiger partial charge on any atom is 0.277 e. The van der Waals surface area contributed by atoms with Crippen LogP contribution in [0, 0.1) is 0 Å². The summed E-state index contributed by atoms with van der Waals surface area (Å²) >= 11 is 0. The first-order chi connectivity index (χ1) is 5.33. The van der Waals surface area contributed by atoms with Gasteiger partial charge >= 0.3 is 0 Å². The number of rotatable bonds is 5. The van der Waals surface area contributed by atoms with Gasteiger partial charge in [0.25, 0.3) is 10.2 Å². The molecule has 0 bridgehead atoms. The van der Waals surface area contributed by atoms with Gasteiger partial charge in [0, 0.05) is 18.6 Å². The van der Waals surface area contributed by atoms with E-state index in [1.54, 1.807) is 20.8 Å². The van der Waals surface area contributed by atoms with Crippen LogP contribution in [0.3, 0.4) is 0 Å². The summed E-state index contributed by atoms with van der Waals surface area (Å²) in [5.74, 6) is 0. The van der Waals surface area contributed by atoms with Gasteiger partial charge < -0.3 is 5.73 Å². The second kappa shape index (κ2) is 4.76. The fraction of sp³-hybridized carbons (Fsp3) is 1.00. The molecule has 0 aliphatic carbocycles. The predicted molar refractivity (Wildman–Crippen MR) is 48.8 cm³/mol. The van der Waals surface area contributed by atoms with E-state index in [9.17, 15) is 8.42 Å². The Morgan fingerprint density at radius 2 is 1.83 bits per heavy atom. The fourth-order valence-electron chi connectivity index (χ4n) is 0.593. The van der Waals surface area contributed by atoms with Crippen LogP contribution in [0.25, 0.3) is 0 Å². The van der Waals surface area contributed by atoms with Crippen molar-refractivity contribution in [2.75, 3.05) is 6.54 Å². The maximum absolute atomic E-state index is 11.1. The van der Waals surface area contributed by atoms with E-state index in [1.165, 1.54) is 0 Å². The lowest BCUT2D eigenvalue weighted by molar-refractivity contribution is 0.548. The highest BCUT2D eigenvalue weighted by atomic mass is 32.2. The van der Waals surface area contributed by atoms with Crippen LogP contribution in [-0.2, 0) is 10.2 Å². The Labute approximate surface area is 73.9 Å². The van der Waals surface area contributed by atoms with Crippen molar-refractivity contribution in [2.45, 2.75) is 32.9 Å². The molecule has 1 atom stereocenters. The average Bonchev–Trinajstić information content (AvgIpc) is 1.81. The Kier molecular flexibility index (Phi) is 4.69. The third-order valence-electron chi connectivity index (χ3n) is 0.986. The van der Waals surface area contributed by atoms with Crippen LogP contribution >= 0.6 is 0 Å². The van der Waals surface area contributed by atoms with Crippen LogP contribution in [0.4, 0.5) is 0 Å². The highest BCUT2D eigenvalue weighted by Gasteiger charge is 2.10. The quantitative estimate of drug-likeness (QED) is 0.535. The van der Waals surface area contributed by atoms with E-state index < -0.39 is 10.2 Å². The van der Waals surface area contributed by atoms with Crippen molar-refractivity contribution in [3.05, 3.63) is 0 Å². The van der Waals surface area contributed by atoms with Gasteiger partial charge in [-0.3, -0.25) is 0 Å². The molecule has 4 N–H and O–H groups in total. The minimum atomic E-state index is -3.36. The molecule has 0 aromatic heterocycles. The van der Waals surface area contributed by atoms with Crippen molar-refractivity contribution >= 4 is 10.2 Å². The molecular formula is C6H17N3O2S. The van der Waals surface area contributed by atoms with E-state index in [-0.39, 0.29) is 18.6 Å². The number of hydrogen-bond acceptors (Lipinski definition) is 3. The Bertz CT molecular complexity index is 211. The lowest BCUT2D eigenvalue weighted by Crippen LogP contribution is -2.44. The molecule has 0 rings (SSSR count). The van der Waals surface area contributed by atoms with Crippen LogP contribution in [0.15, 0.2) is 0 Å². The molecule has 0 spiro atoms. The van der Waals surface area contributed by atoms with Crippen molar-refractivity contribution in [3.63, 3.8) is 0 Å². The van der Waals surface area contributed by atoms with Crippen LogP contribution in [0.1, 0.15) is 20.8 Å². The van der Waals surface area contributed by atoms with Gasteiger partial charge in [0.15, 0.2) is 0 Å². The molecule has 0 amide bonds. The van der Waals surface area contributed by atoms with Gasteiger partial charge in [-0.05, 0) is 20.8 Å². The van der Waals surface area contributed by atoms with Crippen molar-refractivity contribution in [1.82, 2.24) is 9.44 Å². The van der Waals surface area contributed by atoms with Crippen LogP contribution in [-0.4, -0.2) is 27.0 Å². The molecule has 0 radical (unpaired) electrons. The minimum Gasteiger partial charge on any atom is -0.327 e. The summed E-state index contributed by atoms with van der Waals surface area (Å²) in [7, 11) is -3.36. The van der Waals surface area contributed by atoms with Gasteiger partial charge in [-0.1, -0.05) is 0 Å². The van der Waals surface area contributed by atoms with Gasteiger partial charge in [0.1, 0.15) is 0 Å². The average molecular weight is 195 g/mol. The van der Waals surface area contributed by atoms with E-state index in [2.05, 4.69) is 9.44 Å². The highest BCUT2D eigenvalue weighted by molar-refractivity contribution is 7.87. The molecule has 0 aromatic rings. The zero-order valence-electron chi connectivity index (χ0n) is 7.66. The van der Waals surface area contributed by atoms with Crippen molar-refractivity contribution in [2.24, 2.45) is 5.73 Å². The van der Waals surface area contributed by atoms with E-state index in [4.69, 9.17) is 5.73 Å². The molecule has 6 heteroatoms. The van der Waals surface area contributed by atoms with Crippen LogP contribution < -0.4 is 15.2 Å². The molecule has 0 heterocycles. The zero-order chi connectivity index (χ0) is 9.78. The number of nitrogens with one attached hydrogen (secondary N) is 2. The van der Waals surface area contributed by atoms with Crippen LogP contribution in [0.2, 0.25) is 0 Å². The summed E-state index contributed by atoms with van der Waals surface area (Å²) < 4.78 is 26.8. The van der Waals surface area contributed by atoms with Gasteiger partial charge in [-0.25, -0.2) is 4.72 Å². The van der Waals surface area contributed by atoms with E-state index >= 15 is 0 Å². The molecule has 5 nitrogen and oxygen atoms in total. The summed E-state index contributed by atoms with van der Waals surface area (Å²) in [6.07, 6.45) is 0. The second-order valence-electron chi connectivity index (χ2n) is 3.10. The maximum atomic E-state index is 11.1. The first kappa shape index (κ1) is 11.8. The first-order valence-corrected chi connectivity index (χ1v) is 5.34. The van der Waals surface area contributed by atoms with Gasteiger partial charge in [0.05, 0.1) is 0 Å². The summed E-state index contributed by atoms with van der Waals surface area (Å²) in [4.78, 5) is 0. The molecule has 0 aliphatic heterocycles. The molecular weight excluding hydrogens is 178 g/mol. The predicted octanol–water partition coefficient (Wildman–Crippen LogP) is -0.834. The molecule has 1 unspecified atom stereocenters. The summed E-state index contributed by atoms with van der Waals surface area (Å²) in [6, 6.07) is -0.274. The Morgan fingerprint density at radius 1 is 1.33 bits per heavy atom. The van der Waals surface area contributed by atoms with E-state index in [0.29, 0.717) is 0 Å². The smallest absolute Gasteiger partial charge is 0.277 e. The molecule has 0 fully saturated rings. The van der Waals surface area contributed by atoms with Gasteiger partial charge in [0.2, 0.25) is 0 Å². The summed E-state index contributed by atoms with van der Waals surface area (Å²) in [6.45, 7) is 5.50. The first-order valence-electron chi connectivity index (χ1n) is 3.86. The van der Waals surface area contributed by atoms with E-state index in [1.807, 2.05) is 0 Å². The van der Waals surface area contributed by atoms with Crippen molar-refractivity contribution < 1.29 is 8.42 Å². The summed E-state index contributed by atoms with van der Waals surface area (Å²) in [5.41, 5.74) is 5.38. The largest absolute Gasteiger partial charge is 0.327 e. The minimum absolute atomic E-state index is 0.101. The SMILES string of the molecule is CC(N)CNS(=O)(=O)NC(C)C. The zero-order valence-corrected chi connectivity index (χ0v) is 8.48.